The number of hydrogen-bond donors (Lipinski definition) is 2. The Kier molecular flexibility index (Phi) is 4.21. The van der Waals surface area contributed by atoms with Crippen LogP contribution in [0, 0.1) is 0 Å². The minimum atomic E-state index is -3.63. The molecule has 2 aromatic rings. The molecule has 0 atom stereocenters. The van der Waals surface area contributed by atoms with E-state index in [0.29, 0.717) is 18.1 Å². The summed E-state index contributed by atoms with van der Waals surface area (Å²) in [6.45, 7) is 0.371. The fourth-order valence-corrected chi connectivity index (χ4v) is 2.62. The Hall–Kier alpha value is -2.12. The molecule has 1 heterocycles. The first-order valence-electron chi connectivity index (χ1n) is 5.87. The largest absolute Gasteiger partial charge is 0.481 e. The van der Waals surface area contributed by atoms with Crippen LogP contribution in [0.3, 0.4) is 0 Å². The summed E-state index contributed by atoms with van der Waals surface area (Å²) in [6.07, 6.45) is 1.39. The van der Waals surface area contributed by atoms with Crippen molar-refractivity contribution in [3.8, 4) is 5.88 Å². The van der Waals surface area contributed by atoms with E-state index in [-0.39, 0.29) is 4.90 Å². The molecule has 0 radical (unpaired) electrons. The summed E-state index contributed by atoms with van der Waals surface area (Å²) >= 11 is 0. The normalized spacial score (nSPS) is 11.1. The molecule has 0 saturated carbocycles. The minimum Gasteiger partial charge on any atom is -0.481 e. The molecule has 0 bridgehead atoms. The molecule has 0 saturated heterocycles. The molecule has 1 aromatic carbocycles. The Balaban J connectivity index is 2.20. The first-order chi connectivity index (χ1) is 9.55. The third-order valence-corrected chi connectivity index (χ3v) is 4.06. The third kappa shape index (κ3) is 3.25. The molecular weight excluding hydrogens is 278 g/mol. The van der Waals surface area contributed by atoms with Crippen molar-refractivity contribution in [1.29, 1.82) is 0 Å². The van der Waals surface area contributed by atoms with Gasteiger partial charge in [-0.05, 0) is 23.8 Å². The molecule has 20 heavy (non-hydrogen) atoms. The first kappa shape index (κ1) is 14.3. The number of hydrogen-bond acceptors (Lipinski definition) is 5. The van der Waals surface area contributed by atoms with Crippen molar-refractivity contribution in [2.45, 2.75) is 11.4 Å². The number of anilines is 1. The summed E-state index contributed by atoms with van der Waals surface area (Å²) in [5.74, 6) is 0.417. The summed E-state index contributed by atoms with van der Waals surface area (Å²) in [5.41, 5.74) is 6.71. The molecule has 6 nitrogen and oxygen atoms in total. The number of rotatable bonds is 5. The highest BCUT2D eigenvalue weighted by atomic mass is 32.2. The lowest BCUT2D eigenvalue weighted by atomic mass is 10.2. The maximum absolute atomic E-state index is 12.2. The van der Waals surface area contributed by atoms with E-state index < -0.39 is 10.0 Å². The zero-order valence-corrected chi connectivity index (χ0v) is 11.7. The average molecular weight is 293 g/mol. The summed E-state index contributed by atoms with van der Waals surface area (Å²) in [6, 6.07) is 9.55. The van der Waals surface area contributed by atoms with Crippen LogP contribution < -0.4 is 15.2 Å². The van der Waals surface area contributed by atoms with Crippen LogP contribution in [-0.2, 0) is 16.6 Å². The molecule has 0 fully saturated rings. The molecule has 0 unspecified atom stereocenters. The lowest BCUT2D eigenvalue weighted by molar-refractivity contribution is 0.398. The van der Waals surface area contributed by atoms with Crippen LogP contribution >= 0.6 is 0 Å². The Labute approximate surface area is 117 Å². The number of aromatic nitrogens is 1. The van der Waals surface area contributed by atoms with Crippen LogP contribution in [0.5, 0.6) is 5.88 Å². The number of nitrogens with one attached hydrogen (secondary N) is 1. The maximum atomic E-state index is 12.2. The van der Waals surface area contributed by atoms with Gasteiger partial charge in [-0.3, -0.25) is 4.72 Å². The Morgan fingerprint density at radius 3 is 2.40 bits per heavy atom. The summed E-state index contributed by atoms with van der Waals surface area (Å²) in [7, 11) is -2.14. The van der Waals surface area contributed by atoms with Crippen LogP contribution in [0.25, 0.3) is 0 Å². The number of sulfonamides is 1. The molecule has 0 aliphatic rings. The number of pyridine rings is 1. The maximum Gasteiger partial charge on any atom is 0.261 e. The van der Waals surface area contributed by atoms with E-state index in [1.54, 1.807) is 24.3 Å². The number of methoxy groups -OCH3 is 1. The molecule has 0 spiro atoms. The van der Waals surface area contributed by atoms with Crippen molar-refractivity contribution < 1.29 is 13.2 Å². The second-order valence-corrected chi connectivity index (χ2v) is 5.73. The molecule has 0 amide bonds. The van der Waals surface area contributed by atoms with Gasteiger partial charge in [-0.1, -0.05) is 12.1 Å². The van der Waals surface area contributed by atoms with Gasteiger partial charge in [0.2, 0.25) is 5.88 Å². The fraction of sp³-hybridized carbons (Fsp3) is 0.154. The number of nitrogens with zero attached hydrogens (tertiary/aromatic N) is 1. The monoisotopic (exact) mass is 293 g/mol. The quantitative estimate of drug-likeness (QED) is 0.867. The predicted molar refractivity (Wildman–Crippen MR) is 75.9 cm³/mol. The van der Waals surface area contributed by atoms with Crippen LogP contribution in [0.2, 0.25) is 0 Å². The fourth-order valence-electron chi connectivity index (χ4n) is 1.58. The second kappa shape index (κ2) is 5.89. The highest BCUT2D eigenvalue weighted by molar-refractivity contribution is 7.92. The van der Waals surface area contributed by atoms with Gasteiger partial charge in [-0.2, -0.15) is 0 Å². The molecule has 7 heteroatoms. The SMILES string of the molecule is COc1ccc(NS(=O)(=O)c2ccc(CN)cc2)cn1. The van der Waals surface area contributed by atoms with Gasteiger partial charge in [0.05, 0.1) is 23.9 Å². The molecule has 2 rings (SSSR count). The van der Waals surface area contributed by atoms with Crippen LogP contribution in [-0.4, -0.2) is 20.5 Å². The standard InChI is InChI=1S/C13H15N3O3S/c1-19-13-7-4-11(9-15-13)16-20(17,18)12-5-2-10(8-14)3-6-12/h2-7,9,16H,8,14H2,1H3. The molecule has 106 valence electrons. The lowest BCUT2D eigenvalue weighted by Crippen LogP contribution is -2.13. The van der Waals surface area contributed by atoms with Crippen LogP contribution in [0.4, 0.5) is 5.69 Å². The summed E-state index contributed by atoms with van der Waals surface area (Å²) < 4.78 is 31.7. The number of benzene rings is 1. The van der Waals surface area contributed by atoms with Crippen molar-refractivity contribution in [1.82, 2.24) is 4.98 Å². The van der Waals surface area contributed by atoms with Gasteiger partial charge in [-0.25, -0.2) is 13.4 Å². The van der Waals surface area contributed by atoms with Crippen molar-refractivity contribution in [2.75, 3.05) is 11.8 Å². The van der Waals surface area contributed by atoms with Crippen LogP contribution in [0.1, 0.15) is 5.56 Å². The number of nitrogens with two attached hydrogens (primary N) is 1. The van der Waals surface area contributed by atoms with E-state index in [4.69, 9.17) is 10.5 Å². The van der Waals surface area contributed by atoms with Crippen molar-refractivity contribution in [3.63, 3.8) is 0 Å². The van der Waals surface area contributed by atoms with Gasteiger partial charge in [0.25, 0.3) is 10.0 Å². The summed E-state index contributed by atoms with van der Waals surface area (Å²) in [5, 5.41) is 0. The van der Waals surface area contributed by atoms with Gasteiger partial charge >= 0.3 is 0 Å². The zero-order chi connectivity index (χ0) is 14.6. The molecule has 3 N–H and O–H groups in total. The molecule has 0 aliphatic heterocycles. The van der Waals surface area contributed by atoms with Gasteiger partial charge in [0.15, 0.2) is 0 Å². The Bertz CT molecular complexity index is 667. The van der Waals surface area contributed by atoms with E-state index >= 15 is 0 Å². The van der Waals surface area contributed by atoms with Crippen LogP contribution in [0.15, 0.2) is 47.5 Å². The average Bonchev–Trinajstić information content (AvgIpc) is 2.48. The second-order valence-electron chi connectivity index (χ2n) is 4.04. The predicted octanol–water partition coefficient (Wildman–Crippen LogP) is 1.35. The van der Waals surface area contributed by atoms with Crippen molar-refractivity contribution in [3.05, 3.63) is 48.2 Å². The van der Waals surface area contributed by atoms with Crippen molar-refractivity contribution >= 4 is 15.7 Å². The van der Waals surface area contributed by atoms with Gasteiger partial charge in [0, 0.05) is 12.6 Å². The third-order valence-electron chi connectivity index (χ3n) is 2.67. The van der Waals surface area contributed by atoms with Gasteiger partial charge < -0.3 is 10.5 Å². The minimum absolute atomic E-state index is 0.172. The molecular formula is C13H15N3O3S. The zero-order valence-electron chi connectivity index (χ0n) is 10.9. The number of ether oxygens (including phenoxy) is 1. The van der Waals surface area contributed by atoms with E-state index in [2.05, 4.69) is 9.71 Å². The van der Waals surface area contributed by atoms with E-state index in [1.165, 1.54) is 25.4 Å². The topological polar surface area (TPSA) is 94.3 Å². The Morgan fingerprint density at radius 2 is 1.90 bits per heavy atom. The molecule has 0 aliphatic carbocycles. The summed E-state index contributed by atoms with van der Waals surface area (Å²) in [4.78, 5) is 4.11. The van der Waals surface area contributed by atoms with Crippen molar-refractivity contribution in [2.24, 2.45) is 5.73 Å². The van der Waals surface area contributed by atoms with Gasteiger partial charge in [0.1, 0.15) is 0 Å². The van der Waals surface area contributed by atoms with E-state index in [1.807, 2.05) is 0 Å². The van der Waals surface area contributed by atoms with E-state index in [0.717, 1.165) is 5.56 Å². The first-order valence-corrected chi connectivity index (χ1v) is 7.35. The van der Waals surface area contributed by atoms with E-state index in [9.17, 15) is 8.42 Å². The molecule has 1 aromatic heterocycles. The van der Waals surface area contributed by atoms with Gasteiger partial charge in [-0.15, -0.1) is 0 Å². The highest BCUT2D eigenvalue weighted by Gasteiger charge is 2.14. The highest BCUT2D eigenvalue weighted by Crippen LogP contribution is 2.17. The smallest absolute Gasteiger partial charge is 0.261 e. The lowest BCUT2D eigenvalue weighted by Gasteiger charge is -2.08. The Morgan fingerprint density at radius 1 is 1.20 bits per heavy atom.